The number of carbonyl (C=O) groups excluding carboxylic acids is 1. The Bertz CT molecular complexity index is 441. The van der Waals surface area contributed by atoms with Gasteiger partial charge in [-0.15, -0.1) is 0 Å². The minimum atomic E-state index is -0.690. The quantitative estimate of drug-likeness (QED) is 0.818. The van der Waals surface area contributed by atoms with Gasteiger partial charge in [-0.1, -0.05) is 25.8 Å². The normalized spacial score (nSPS) is 25.1. The van der Waals surface area contributed by atoms with Gasteiger partial charge in [0.15, 0.2) is 5.78 Å². The van der Waals surface area contributed by atoms with Crippen LogP contribution in [0.4, 0.5) is 0 Å². The van der Waals surface area contributed by atoms with Crippen molar-refractivity contribution in [2.45, 2.75) is 38.5 Å². The van der Waals surface area contributed by atoms with Crippen LogP contribution in [-0.4, -0.2) is 10.8 Å². The number of hydrogen-bond donors (Lipinski definition) is 0. The molecule has 1 aromatic heterocycles. The summed E-state index contributed by atoms with van der Waals surface area (Å²) in [5.74, 6) is 0.130. The number of hydrogen-bond acceptors (Lipinski definition) is 3. The number of nitrogens with zero attached hydrogens (tertiary/aromatic N) is 2. The number of pyridine rings is 1. The van der Waals surface area contributed by atoms with Crippen LogP contribution in [0.5, 0.6) is 0 Å². The van der Waals surface area contributed by atoms with Gasteiger partial charge in [-0.3, -0.25) is 9.78 Å². The van der Waals surface area contributed by atoms with E-state index in [1.165, 1.54) is 0 Å². The lowest BCUT2D eigenvalue weighted by Gasteiger charge is -2.26. The molecule has 2 rings (SSSR count). The van der Waals surface area contributed by atoms with Crippen LogP contribution in [-0.2, 0) is 4.79 Å². The van der Waals surface area contributed by atoms with Crippen molar-refractivity contribution < 1.29 is 4.79 Å². The zero-order chi connectivity index (χ0) is 13.0. The second-order valence-corrected chi connectivity index (χ2v) is 5.18. The van der Waals surface area contributed by atoms with E-state index in [4.69, 9.17) is 0 Å². The molecule has 0 aliphatic heterocycles. The van der Waals surface area contributed by atoms with Crippen LogP contribution in [0.25, 0.3) is 0 Å². The van der Waals surface area contributed by atoms with Crippen molar-refractivity contribution in [3.8, 4) is 6.07 Å². The van der Waals surface area contributed by atoms with Gasteiger partial charge in [0.05, 0.1) is 11.8 Å². The van der Waals surface area contributed by atoms with Crippen molar-refractivity contribution in [3.63, 3.8) is 0 Å². The maximum Gasteiger partial charge on any atom is 0.159 e. The number of Topliss-reactive ketones (excluding diaryl/α,β-unsaturated/α-hetero) is 1. The van der Waals surface area contributed by atoms with Gasteiger partial charge in [-0.25, -0.2) is 0 Å². The molecule has 1 atom stereocenters. The van der Waals surface area contributed by atoms with Gasteiger partial charge in [-0.2, -0.15) is 5.26 Å². The van der Waals surface area contributed by atoms with E-state index < -0.39 is 5.92 Å². The molecular formula is C15H18N2O. The van der Waals surface area contributed by atoms with E-state index in [0.717, 1.165) is 25.7 Å². The number of carbonyl (C=O) groups is 1. The van der Waals surface area contributed by atoms with E-state index >= 15 is 0 Å². The SMILES string of the molecule is CC1CCC(C(=O)C(C#N)c2ccccn2)CC1. The fraction of sp³-hybridized carbons (Fsp3) is 0.533. The average molecular weight is 242 g/mol. The summed E-state index contributed by atoms with van der Waals surface area (Å²) in [6.07, 6.45) is 5.67. The second-order valence-electron chi connectivity index (χ2n) is 5.18. The van der Waals surface area contributed by atoms with Crippen LogP contribution in [0.1, 0.15) is 44.2 Å². The molecule has 0 radical (unpaired) electrons. The van der Waals surface area contributed by atoms with Crippen LogP contribution < -0.4 is 0 Å². The first-order chi connectivity index (χ1) is 8.72. The molecule has 1 unspecified atom stereocenters. The molecule has 94 valence electrons. The molecule has 3 heteroatoms. The second kappa shape index (κ2) is 5.77. The van der Waals surface area contributed by atoms with Gasteiger partial charge in [0.2, 0.25) is 0 Å². The number of ketones is 1. The summed E-state index contributed by atoms with van der Waals surface area (Å²) in [6.45, 7) is 2.22. The van der Waals surface area contributed by atoms with E-state index in [-0.39, 0.29) is 11.7 Å². The van der Waals surface area contributed by atoms with Crippen molar-refractivity contribution in [2.75, 3.05) is 0 Å². The lowest BCUT2D eigenvalue weighted by molar-refractivity contribution is -0.124. The molecule has 0 spiro atoms. The third-order valence-electron chi connectivity index (χ3n) is 3.82. The third kappa shape index (κ3) is 2.76. The Balaban J connectivity index is 2.10. The molecule has 1 fully saturated rings. The lowest BCUT2D eigenvalue weighted by atomic mass is 9.77. The standard InChI is InChI=1S/C15H18N2O/c1-11-5-7-12(8-6-11)15(18)13(10-16)14-4-2-3-9-17-14/h2-4,9,11-13H,5-8H2,1H3. The molecule has 1 saturated carbocycles. The first kappa shape index (κ1) is 12.8. The largest absolute Gasteiger partial charge is 0.297 e. The Hall–Kier alpha value is -1.69. The molecule has 0 saturated heterocycles. The molecule has 1 heterocycles. The smallest absolute Gasteiger partial charge is 0.159 e. The fourth-order valence-electron chi connectivity index (χ4n) is 2.60. The minimum absolute atomic E-state index is 0.0489. The minimum Gasteiger partial charge on any atom is -0.297 e. The van der Waals surface area contributed by atoms with Gasteiger partial charge in [0.1, 0.15) is 5.92 Å². The molecule has 0 bridgehead atoms. The maximum atomic E-state index is 12.4. The highest BCUT2D eigenvalue weighted by Crippen LogP contribution is 2.32. The molecule has 3 nitrogen and oxygen atoms in total. The van der Waals surface area contributed by atoms with Crippen LogP contribution in [0, 0.1) is 23.2 Å². The fourth-order valence-corrected chi connectivity index (χ4v) is 2.60. The summed E-state index contributed by atoms with van der Waals surface area (Å²) in [4.78, 5) is 16.5. The summed E-state index contributed by atoms with van der Waals surface area (Å²) in [5.41, 5.74) is 0.587. The highest BCUT2D eigenvalue weighted by molar-refractivity contribution is 5.90. The number of rotatable bonds is 3. The summed E-state index contributed by atoms with van der Waals surface area (Å²) in [7, 11) is 0. The Morgan fingerprint density at radius 1 is 1.39 bits per heavy atom. The van der Waals surface area contributed by atoms with Gasteiger partial charge in [0, 0.05) is 12.1 Å². The van der Waals surface area contributed by atoms with Crippen LogP contribution >= 0.6 is 0 Å². The predicted molar refractivity (Wildman–Crippen MR) is 68.7 cm³/mol. The van der Waals surface area contributed by atoms with Crippen LogP contribution in [0.2, 0.25) is 0 Å². The molecule has 0 N–H and O–H groups in total. The first-order valence-electron chi connectivity index (χ1n) is 6.56. The van der Waals surface area contributed by atoms with Crippen molar-refractivity contribution >= 4 is 5.78 Å². The molecule has 0 amide bonds. The maximum absolute atomic E-state index is 12.4. The third-order valence-corrected chi connectivity index (χ3v) is 3.82. The van der Waals surface area contributed by atoms with E-state index in [1.54, 1.807) is 18.3 Å². The summed E-state index contributed by atoms with van der Waals surface area (Å²) >= 11 is 0. The van der Waals surface area contributed by atoms with Crippen LogP contribution in [0.15, 0.2) is 24.4 Å². The molecule has 18 heavy (non-hydrogen) atoms. The molecule has 1 aliphatic rings. The van der Waals surface area contributed by atoms with Crippen molar-refractivity contribution in [1.82, 2.24) is 4.98 Å². The van der Waals surface area contributed by atoms with Crippen LogP contribution in [0.3, 0.4) is 0 Å². The molecule has 1 aromatic rings. The Morgan fingerprint density at radius 3 is 2.67 bits per heavy atom. The molecule has 0 aromatic carbocycles. The van der Waals surface area contributed by atoms with Gasteiger partial charge >= 0.3 is 0 Å². The average Bonchev–Trinajstić information content (AvgIpc) is 2.41. The van der Waals surface area contributed by atoms with Gasteiger partial charge in [0.25, 0.3) is 0 Å². The molecular weight excluding hydrogens is 224 g/mol. The Kier molecular flexibility index (Phi) is 4.09. The predicted octanol–water partition coefficient (Wildman–Crippen LogP) is 3.08. The zero-order valence-corrected chi connectivity index (χ0v) is 10.7. The van der Waals surface area contributed by atoms with Gasteiger partial charge in [-0.05, 0) is 30.9 Å². The van der Waals surface area contributed by atoms with E-state index in [0.29, 0.717) is 11.6 Å². The Labute approximate surface area is 108 Å². The topological polar surface area (TPSA) is 53.8 Å². The summed E-state index contributed by atoms with van der Waals surface area (Å²) < 4.78 is 0. The lowest BCUT2D eigenvalue weighted by Crippen LogP contribution is -2.25. The highest BCUT2D eigenvalue weighted by atomic mass is 16.1. The number of aromatic nitrogens is 1. The van der Waals surface area contributed by atoms with Crippen molar-refractivity contribution in [2.24, 2.45) is 11.8 Å². The van der Waals surface area contributed by atoms with Crippen molar-refractivity contribution in [3.05, 3.63) is 30.1 Å². The summed E-state index contributed by atoms with van der Waals surface area (Å²) in [6, 6.07) is 7.49. The zero-order valence-electron chi connectivity index (χ0n) is 10.7. The highest BCUT2D eigenvalue weighted by Gasteiger charge is 2.31. The van der Waals surface area contributed by atoms with Gasteiger partial charge < -0.3 is 0 Å². The monoisotopic (exact) mass is 242 g/mol. The molecule has 1 aliphatic carbocycles. The van der Waals surface area contributed by atoms with Crippen molar-refractivity contribution in [1.29, 1.82) is 5.26 Å². The first-order valence-corrected chi connectivity index (χ1v) is 6.56. The Morgan fingerprint density at radius 2 is 2.11 bits per heavy atom. The van der Waals surface area contributed by atoms with E-state index in [9.17, 15) is 10.1 Å². The van der Waals surface area contributed by atoms with E-state index in [1.807, 2.05) is 6.07 Å². The van der Waals surface area contributed by atoms with E-state index in [2.05, 4.69) is 18.0 Å². The summed E-state index contributed by atoms with van der Waals surface area (Å²) in [5, 5.41) is 9.22. The number of nitriles is 1.